The summed E-state index contributed by atoms with van der Waals surface area (Å²) in [5, 5.41) is 10.4. The van der Waals surface area contributed by atoms with Crippen molar-refractivity contribution in [3.63, 3.8) is 0 Å². The summed E-state index contributed by atoms with van der Waals surface area (Å²) >= 11 is 6.88. The van der Waals surface area contributed by atoms with E-state index >= 15 is 0 Å². The van der Waals surface area contributed by atoms with E-state index in [4.69, 9.17) is 0 Å². The zero-order valence-corrected chi connectivity index (χ0v) is 10.7. The molecule has 72 valence electrons. The molecular weight excluding hydrogens is 284 g/mol. The maximum atomic E-state index is 10.4. The molecule has 3 heteroatoms. The Morgan fingerprint density at radius 3 is 1.92 bits per heavy atom. The highest BCUT2D eigenvalue weighted by Gasteiger charge is 2.45. The molecule has 0 saturated heterocycles. The van der Waals surface area contributed by atoms with Crippen LogP contribution in [0.15, 0.2) is 0 Å². The minimum absolute atomic E-state index is 0.0165. The number of rotatable bonds is 1. The lowest BCUT2D eigenvalue weighted by Gasteiger charge is -2.44. The Hall–Kier alpha value is 0.920. The lowest BCUT2D eigenvalue weighted by atomic mass is 9.71. The first-order valence-electron chi connectivity index (χ1n) is 4.50. The lowest BCUT2D eigenvalue weighted by Crippen LogP contribution is -2.50. The monoisotopic (exact) mass is 298 g/mol. The molecule has 1 rings (SSSR count). The number of hydrogen-bond acceptors (Lipinski definition) is 1. The molecule has 0 aromatic rings. The molecule has 0 amide bonds. The lowest BCUT2D eigenvalue weighted by molar-refractivity contribution is -0.0660. The molecule has 1 N–H and O–H groups in total. The molecule has 0 aromatic heterocycles. The van der Waals surface area contributed by atoms with Crippen LogP contribution < -0.4 is 0 Å². The quantitative estimate of drug-likeness (QED) is 0.737. The molecule has 0 unspecified atom stereocenters. The SMILES string of the molecule is C[C@H]1CCC[C@H](C)C1(O)C(Br)Br. The van der Waals surface area contributed by atoms with Crippen LogP contribution in [0.4, 0.5) is 0 Å². The van der Waals surface area contributed by atoms with Crippen LogP contribution >= 0.6 is 31.9 Å². The first-order chi connectivity index (χ1) is 5.49. The van der Waals surface area contributed by atoms with Crippen LogP contribution in [0.2, 0.25) is 0 Å². The molecule has 0 heterocycles. The van der Waals surface area contributed by atoms with Gasteiger partial charge in [-0.2, -0.15) is 0 Å². The highest BCUT2D eigenvalue weighted by molar-refractivity contribution is 9.24. The zero-order chi connectivity index (χ0) is 9.35. The third kappa shape index (κ3) is 1.73. The van der Waals surface area contributed by atoms with Crippen LogP contribution in [-0.2, 0) is 0 Å². The van der Waals surface area contributed by atoms with E-state index < -0.39 is 5.60 Å². The zero-order valence-electron chi connectivity index (χ0n) is 7.56. The molecule has 0 spiro atoms. The smallest absolute Gasteiger partial charge is 0.0989 e. The molecule has 1 aliphatic rings. The Balaban J connectivity index is 2.80. The third-order valence-corrected chi connectivity index (χ3v) is 4.67. The molecule has 1 aliphatic carbocycles. The van der Waals surface area contributed by atoms with Crippen LogP contribution in [-0.4, -0.2) is 14.4 Å². The second kappa shape index (κ2) is 3.97. The highest BCUT2D eigenvalue weighted by atomic mass is 79.9. The second-order valence-corrected chi connectivity index (χ2v) is 6.98. The maximum Gasteiger partial charge on any atom is 0.0989 e. The van der Waals surface area contributed by atoms with Gasteiger partial charge < -0.3 is 5.11 Å². The Morgan fingerprint density at radius 1 is 1.25 bits per heavy atom. The van der Waals surface area contributed by atoms with E-state index in [0.29, 0.717) is 11.8 Å². The number of aliphatic hydroxyl groups is 1. The Kier molecular flexibility index (Phi) is 3.64. The van der Waals surface area contributed by atoms with Crippen molar-refractivity contribution >= 4 is 31.9 Å². The first kappa shape index (κ1) is 11.0. The molecule has 12 heavy (non-hydrogen) atoms. The minimum Gasteiger partial charge on any atom is -0.387 e. The van der Waals surface area contributed by atoms with Gasteiger partial charge in [-0.05, 0) is 24.7 Å². The largest absolute Gasteiger partial charge is 0.387 e. The van der Waals surface area contributed by atoms with Crippen molar-refractivity contribution in [3.05, 3.63) is 0 Å². The number of hydrogen-bond donors (Lipinski definition) is 1. The van der Waals surface area contributed by atoms with Crippen molar-refractivity contribution in [3.8, 4) is 0 Å². The fourth-order valence-electron chi connectivity index (χ4n) is 2.11. The minimum atomic E-state index is -0.571. The van der Waals surface area contributed by atoms with E-state index in [9.17, 15) is 5.11 Å². The third-order valence-electron chi connectivity index (χ3n) is 3.20. The summed E-state index contributed by atoms with van der Waals surface area (Å²) in [5.41, 5.74) is -0.571. The van der Waals surface area contributed by atoms with E-state index in [-0.39, 0.29) is 3.74 Å². The molecule has 1 saturated carbocycles. The summed E-state index contributed by atoms with van der Waals surface area (Å²) in [7, 11) is 0. The average Bonchev–Trinajstić information content (AvgIpc) is 1.99. The molecule has 1 fully saturated rings. The summed E-state index contributed by atoms with van der Waals surface area (Å²) in [6.07, 6.45) is 3.51. The van der Waals surface area contributed by atoms with E-state index in [1.165, 1.54) is 6.42 Å². The molecule has 0 aliphatic heterocycles. The number of alkyl halides is 2. The summed E-state index contributed by atoms with van der Waals surface area (Å²) in [6.45, 7) is 4.26. The van der Waals surface area contributed by atoms with Gasteiger partial charge in [0.2, 0.25) is 0 Å². The molecule has 0 aromatic carbocycles. The summed E-state index contributed by atoms with van der Waals surface area (Å²) in [6, 6.07) is 0. The van der Waals surface area contributed by atoms with Crippen molar-refractivity contribution in [2.75, 3.05) is 0 Å². The fraction of sp³-hybridized carbons (Fsp3) is 1.00. The summed E-state index contributed by atoms with van der Waals surface area (Å²) in [4.78, 5) is 0. The standard InChI is InChI=1S/C9H16Br2O/c1-6-4-3-5-7(2)9(6,12)8(10)11/h6-8,12H,3-5H2,1-2H3/t6-,7-/m0/s1. The van der Waals surface area contributed by atoms with Crippen LogP contribution in [0.1, 0.15) is 33.1 Å². The highest BCUT2D eigenvalue weighted by Crippen LogP contribution is 2.44. The van der Waals surface area contributed by atoms with Gasteiger partial charge in [-0.1, -0.05) is 52.1 Å². The Morgan fingerprint density at radius 2 is 1.67 bits per heavy atom. The van der Waals surface area contributed by atoms with Crippen molar-refractivity contribution in [1.82, 2.24) is 0 Å². The predicted molar refractivity (Wildman–Crippen MR) is 58.8 cm³/mol. The maximum absolute atomic E-state index is 10.4. The molecule has 1 nitrogen and oxygen atoms in total. The van der Waals surface area contributed by atoms with Gasteiger partial charge in [0.15, 0.2) is 0 Å². The van der Waals surface area contributed by atoms with Gasteiger partial charge in [0.1, 0.15) is 0 Å². The average molecular weight is 300 g/mol. The Labute approximate surface area is 91.2 Å². The molecule has 0 radical (unpaired) electrons. The van der Waals surface area contributed by atoms with Crippen LogP contribution in [0.5, 0.6) is 0 Å². The summed E-state index contributed by atoms with van der Waals surface area (Å²) < 4.78 is 0.0165. The topological polar surface area (TPSA) is 20.2 Å². The van der Waals surface area contributed by atoms with Crippen molar-refractivity contribution in [2.24, 2.45) is 11.8 Å². The van der Waals surface area contributed by atoms with Crippen LogP contribution in [0.25, 0.3) is 0 Å². The van der Waals surface area contributed by atoms with Crippen molar-refractivity contribution < 1.29 is 5.11 Å². The van der Waals surface area contributed by atoms with E-state index in [2.05, 4.69) is 45.7 Å². The van der Waals surface area contributed by atoms with E-state index in [1.54, 1.807) is 0 Å². The van der Waals surface area contributed by atoms with Crippen molar-refractivity contribution in [2.45, 2.75) is 42.4 Å². The Bertz CT molecular complexity index is 149. The van der Waals surface area contributed by atoms with Gasteiger partial charge in [-0.3, -0.25) is 0 Å². The predicted octanol–water partition coefficient (Wildman–Crippen LogP) is 3.29. The van der Waals surface area contributed by atoms with Gasteiger partial charge in [0.25, 0.3) is 0 Å². The second-order valence-electron chi connectivity index (χ2n) is 3.92. The van der Waals surface area contributed by atoms with Crippen LogP contribution in [0, 0.1) is 11.8 Å². The summed E-state index contributed by atoms with van der Waals surface area (Å²) in [5.74, 6) is 0.759. The fourth-order valence-corrected chi connectivity index (χ4v) is 3.91. The van der Waals surface area contributed by atoms with E-state index in [0.717, 1.165) is 12.8 Å². The van der Waals surface area contributed by atoms with Gasteiger partial charge in [0, 0.05) is 0 Å². The van der Waals surface area contributed by atoms with Crippen LogP contribution in [0.3, 0.4) is 0 Å². The van der Waals surface area contributed by atoms with Gasteiger partial charge in [-0.25, -0.2) is 0 Å². The van der Waals surface area contributed by atoms with E-state index in [1.807, 2.05) is 0 Å². The van der Waals surface area contributed by atoms with Crippen molar-refractivity contribution in [1.29, 1.82) is 0 Å². The first-order valence-corrected chi connectivity index (χ1v) is 6.33. The van der Waals surface area contributed by atoms with Gasteiger partial charge in [-0.15, -0.1) is 0 Å². The molecule has 0 bridgehead atoms. The number of halogens is 2. The van der Waals surface area contributed by atoms with Gasteiger partial charge in [0.05, 0.1) is 9.34 Å². The van der Waals surface area contributed by atoms with Gasteiger partial charge >= 0.3 is 0 Å². The normalized spacial score (nSPS) is 35.5. The molecule has 2 atom stereocenters. The molecular formula is C9H16Br2O.